The first-order valence-corrected chi connectivity index (χ1v) is 11.4. The number of anilines is 2. The maximum absolute atomic E-state index is 13.6. The molecule has 0 radical (unpaired) electrons. The third kappa shape index (κ3) is 5.52. The van der Waals surface area contributed by atoms with E-state index >= 15 is 0 Å². The lowest BCUT2D eigenvalue weighted by atomic mass is 10.0. The van der Waals surface area contributed by atoms with Gasteiger partial charge in [0.1, 0.15) is 5.82 Å². The number of rotatable bonds is 7. The molecule has 5 aromatic rings. The lowest BCUT2D eigenvalue weighted by molar-refractivity contribution is -0.131. The molecule has 0 unspecified atom stereocenters. The van der Waals surface area contributed by atoms with Crippen LogP contribution in [0.3, 0.4) is 0 Å². The number of carboxylic acids is 1. The molecular weight excluding hydrogens is 495 g/mol. The summed E-state index contributed by atoms with van der Waals surface area (Å²) in [5.41, 5.74) is 4.18. The molecule has 2 aromatic carbocycles. The predicted octanol–water partition coefficient (Wildman–Crippen LogP) is 6.03. The van der Waals surface area contributed by atoms with Crippen molar-refractivity contribution in [3.8, 4) is 28.2 Å². The standard InChI is InChI=1S/C27H18ClFN6O2/c28-22-13-20(8-9-23(22)29)33-27-31-15-21(18-5-3-4-17(12-18)7-10-25(36)37)26(34-27)35-16-19(14-32-35)24-6-1-2-11-30-24/h1-16H,(H,36,37)(H,31,33,34)/b10-7+. The number of nitrogens with one attached hydrogen (secondary N) is 1. The van der Waals surface area contributed by atoms with Gasteiger partial charge in [-0.1, -0.05) is 35.9 Å². The summed E-state index contributed by atoms with van der Waals surface area (Å²) in [5.74, 6) is -0.852. The van der Waals surface area contributed by atoms with Crippen LogP contribution >= 0.6 is 11.6 Å². The molecule has 5 rings (SSSR count). The zero-order chi connectivity index (χ0) is 25.8. The van der Waals surface area contributed by atoms with E-state index in [1.807, 2.05) is 36.4 Å². The molecule has 182 valence electrons. The van der Waals surface area contributed by atoms with Crippen LogP contribution in [0.1, 0.15) is 5.56 Å². The summed E-state index contributed by atoms with van der Waals surface area (Å²) in [7, 11) is 0. The van der Waals surface area contributed by atoms with Gasteiger partial charge in [-0.05, 0) is 53.6 Å². The van der Waals surface area contributed by atoms with Crippen LogP contribution in [0.15, 0.2) is 91.5 Å². The van der Waals surface area contributed by atoms with Gasteiger partial charge in [0.15, 0.2) is 5.82 Å². The Hall–Kier alpha value is -4.89. The van der Waals surface area contributed by atoms with Gasteiger partial charge in [0.2, 0.25) is 5.95 Å². The second-order valence-corrected chi connectivity index (χ2v) is 8.28. The summed E-state index contributed by atoms with van der Waals surface area (Å²) < 4.78 is 15.2. The van der Waals surface area contributed by atoms with Crippen LogP contribution in [0, 0.1) is 5.82 Å². The molecule has 8 nitrogen and oxygen atoms in total. The molecule has 3 aromatic heterocycles. The second kappa shape index (κ2) is 10.4. The van der Waals surface area contributed by atoms with E-state index < -0.39 is 11.8 Å². The summed E-state index contributed by atoms with van der Waals surface area (Å²) in [5, 5.41) is 16.5. The third-order valence-electron chi connectivity index (χ3n) is 5.32. The average molecular weight is 513 g/mol. The van der Waals surface area contributed by atoms with Crippen molar-refractivity contribution in [3.05, 3.63) is 108 Å². The highest BCUT2D eigenvalue weighted by Gasteiger charge is 2.15. The molecule has 0 saturated carbocycles. The van der Waals surface area contributed by atoms with Crippen LogP contribution < -0.4 is 5.32 Å². The van der Waals surface area contributed by atoms with Crippen LogP contribution in [-0.4, -0.2) is 35.8 Å². The van der Waals surface area contributed by atoms with Crippen LogP contribution in [0.5, 0.6) is 0 Å². The summed E-state index contributed by atoms with van der Waals surface area (Å²) in [6.45, 7) is 0. The number of halogens is 2. The molecular formula is C27H18ClFN6O2. The first-order valence-electron chi connectivity index (χ1n) is 11.0. The number of hydrogen-bond donors (Lipinski definition) is 2. The van der Waals surface area contributed by atoms with E-state index in [4.69, 9.17) is 16.7 Å². The van der Waals surface area contributed by atoms with Gasteiger partial charge in [0.25, 0.3) is 0 Å². The Labute approximate surface area is 215 Å². The highest BCUT2D eigenvalue weighted by atomic mass is 35.5. The largest absolute Gasteiger partial charge is 0.478 e. The van der Waals surface area contributed by atoms with Gasteiger partial charge in [-0.3, -0.25) is 4.98 Å². The SMILES string of the molecule is O=C(O)/C=C/c1cccc(-c2cnc(Nc3ccc(F)c(Cl)c3)nc2-n2cc(-c3ccccn3)cn2)c1. The molecule has 0 aliphatic carbocycles. The van der Waals surface area contributed by atoms with Crippen LogP contribution in [0.2, 0.25) is 5.02 Å². The van der Waals surface area contributed by atoms with E-state index in [1.54, 1.807) is 35.5 Å². The van der Waals surface area contributed by atoms with Crippen molar-refractivity contribution in [3.63, 3.8) is 0 Å². The fraction of sp³-hybridized carbons (Fsp3) is 0. The van der Waals surface area contributed by atoms with Crippen molar-refractivity contribution in [1.82, 2.24) is 24.7 Å². The van der Waals surface area contributed by atoms with Crippen LogP contribution in [0.4, 0.5) is 16.0 Å². The molecule has 10 heteroatoms. The minimum Gasteiger partial charge on any atom is -0.478 e. The van der Waals surface area contributed by atoms with E-state index in [-0.39, 0.29) is 11.0 Å². The van der Waals surface area contributed by atoms with Gasteiger partial charge in [-0.2, -0.15) is 10.1 Å². The predicted molar refractivity (Wildman–Crippen MR) is 139 cm³/mol. The Bertz CT molecular complexity index is 1620. The smallest absolute Gasteiger partial charge is 0.328 e. The Morgan fingerprint density at radius 1 is 1.03 bits per heavy atom. The lowest BCUT2D eigenvalue weighted by Crippen LogP contribution is -2.06. The number of aliphatic carboxylic acids is 1. The number of hydrogen-bond acceptors (Lipinski definition) is 6. The maximum Gasteiger partial charge on any atom is 0.328 e. The molecule has 0 amide bonds. The van der Waals surface area contributed by atoms with Crippen molar-refractivity contribution < 1.29 is 14.3 Å². The second-order valence-electron chi connectivity index (χ2n) is 7.87. The summed E-state index contributed by atoms with van der Waals surface area (Å²) in [6, 6.07) is 17.1. The topological polar surface area (TPSA) is 106 Å². The Balaban J connectivity index is 1.59. The van der Waals surface area contributed by atoms with Gasteiger partial charge in [0.05, 0.1) is 16.9 Å². The fourth-order valence-electron chi connectivity index (χ4n) is 3.60. The van der Waals surface area contributed by atoms with E-state index in [9.17, 15) is 9.18 Å². The van der Waals surface area contributed by atoms with Crippen LogP contribution in [0.25, 0.3) is 34.3 Å². The van der Waals surface area contributed by atoms with Crippen molar-refractivity contribution in [2.75, 3.05) is 5.32 Å². The first kappa shape index (κ1) is 23.8. The fourth-order valence-corrected chi connectivity index (χ4v) is 3.78. The van der Waals surface area contributed by atoms with Gasteiger partial charge in [-0.25, -0.2) is 18.9 Å². The number of carboxylic acid groups (broad SMARTS) is 1. The van der Waals surface area contributed by atoms with Gasteiger partial charge >= 0.3 is 5.97 Å². The molecule has 0 bridgehead atoms. The monoisotopic (exact) mass is 512 g/mol. The summed E-state index contributed by atoms with van der Waals surface area (Å²) in [4.78, 5) is 24.4. The number of aromatic nitrogens is 5. The average Bonchev–Trinajstić information content (AvgIpc) is 3.41. The lowest BCUT2D eigenvalue weighted by Gasteiger charge is -2.12. The Kier molecular flexibility index (Phi) is 6.69. The summed E-state index contributed by atoms with van der Waals surface area (Å²) >= 11 is 5.92. The number of carbonyl (C=O) groups is 1. The molecule has 0 saturated heterocycles. The molecule has 0 fully saturated rings. The number of pyridine rings is 1. The molecule has 0 spiro atoms. The quantitative estimate of drug-likeness (QED) is 0.257. The highest BCUT2D eigenvalue weighted by Crippen LogP contribution is 2.29. The zero-order valence-corrected chi connectivity index (χ0v) is 19.8. The van der Waals surface area contributed by atoms with E-state index in [1.165, 1.54) is 24.3 Å². The van der Waals surface area contributed by atoms with Crippen molar-refractivity contribution in [2.24, 2.45) is 0 Å². The first-order chi connectivity index (χ1) is 18.0. The van der Waals surface area contributed by atoms with E-state index in [0.717, 1.165) is 22.9 Å². The minimum atomic E-state index is -1.04. The molecule has 37 heavy (non-hydrogen) atoms. The van der Waals surface area contributed by atoms with E-state index in [0.29, 0.717) is 22.6 Å². The molecule has 2 N–H and O–H groups in total. The third-order valence-corrected chi connectivity index (χ3v) is 5.61. The van der Waals surface area contributed by atoms with Gasteiger partial charge in [-0.15, -0.1) is 0 Å². The number of benzene rings is 2. The minimum absolute atomic E-state index is 0.0276. The molecule has 0 atom stereocenters. The highest BCUT2D eigenvalue weighted by molar-refractivity contribution is 6.31. The van der Waals surface area contributed by atoms with Gasteiger partial charge in [0, 0.05) is 41.5 Å². The van der Waals surface area contributed by atoms with Gasteiger partial charge < -0.3 is 10.4 Å². The maximum atomic E-state index is 13.6. The zero-order valence-electron chi connectivity index (χ0n) is 19.1. The Morgan fingerprint density at radius 3 is 2.70 bits per heavy atom. The van der Waals surface area contributed by atoms with Crippen LogP contribution in [-0.2, 0) is 4.79 Å². The van der Waals surface area contributed by atoms with Crippen molar-refractivity contribution >= 4 is 35.3 Å². The molecule has 0 aliphatic rings. The number of nitrogens with zero attached hydrogens (tertiary/aromatic N) is 5. The van der Waals surface area contributed by atoms with Crippen molar-refractivity contribution in [1.29, 1.82) is 0 Å². The summed E-state index contributed by atoms with van der Waals surface area (Å²) in [6.07, 6.45) is 9.42. The Morgan fingerprint density at radius 2 is 1.92 bits per heavy atom. The molecule has 0 aliphatic heterocycles. The van der Waals surface area contributed by atoms with E-state index in [2.05, 4.69) is 25.4 Å². The van der Waals surface area contributed by atoms with Crippen molar-refractivity contribution in [2.45, 2.75) is 0 Å². The normalized spacial score (nSPS) is 11.1. The molecule has 3 heterocycles.